The zero-order valence-corrected chi connectivity index (χ0v) is 15.5. The second kappa shape index (κ2) is 8.50. The summed E-state index contributed by atoms with van der Waals surface area (Å²) in [6.45, 7) is 1.12. The Balaban J connectivity index is 1.57. The van der Waals surface area contributed by atoms with E-state index in [2.05, 4.69) is 5.32 Å². The number of pyridine rings is 1. The molecule has 0 bridgehead atoms. The second-order valence-electron chi connectivity index (χ2n) is 6.83. The molecule has 9 heteroatoms. The van der Waals surface area contributed by atoms with Crippen LogP contribution in [0.25, 0.3) is 0 Å². The first-order chi connectivity index (χ1) is 13.8. The van der Waals surface area contributed by atoms with E-state index in [-0.39, 0.29) is 12.5 Å². The maximum Gasteiger partial charge on any atom is 0.421 e. The summed E-state index contributed by atoms with van der Waals surface area (Å²) >= 11 is 0. The molecule has 1 aromatic carbocycles. The maximum atomic E-state index is 12.8. The van der Waals surface area contributed by atoms with Crippen molar-refractivity contribution in [1.82, 2.24) is 14.8 Å². The first-order valence-electron chi connectivity index (χ1n) is 9.17. The molecule has 0 unspecified atom stereocenters. The summed E-state index contributed by atoms with van der Waals surface area (Å²) in [7, 11) is 0. The minimum absolute atomic E-state index is 0.0259. The van der Waals surface area contributed by atoms with Crippen molar-refractivity contribution >= 4 is 11.8 Å². The molecule has 2 aromatic rings. The van der Waals surface area contributed by atoms with Crippen LogP contribution >= 0.6 is 0 Å². The third-order valence-electron chi connectivity index (χ3n) is 4.72. The lowest BCUT2D eigenvalue weighted by atomic mass is 10.1. The number of amides is 2. The number of alkyl halides is 3. The third-order valence-corrected chi connectivity index (χ3v) is 4.72. The van der Waals surface area contributed by atoms with Crippen LogP contribution in [-0.4, -0.2) is 34.4 Å². The highest BCUT2D eigenvalue weighted by Crippen LogP contribution is 2.25. The Morgan fingerprint density at radius 3 is 2.31 bits per heavy atom. The van der Waals surface area contributed by atoms with E-state index in [0.29, 0.717) is 11.6 Å². The van der Waals surface area contributed by atoms with Crippen LogP contribution in [-0.2, 0) is 24.1 Å². The Hall–Kier alpha value is -3.10. The van der Waals surface area contributed by atoms with E-state index in [0.717, 1.165) is 48.3 Å². The van der Waals surface area contributed by atoms with Gasteiger partial charge in [-0.2, -0.15) is 13.2 Å². The van der Waals surface area contributed by atoms with Gasteiger partial charge < -0.3 is 14.8 Å². The van der Waals surface area contributed by atoms with Crippen molar-refractivity contribution in [2.45, 2.75) is 32.1 Å². The van der Waals surface area contributed by atoms with Crippen LogP contribution in [0.2, 0.25) is 0 Å². The smallest absolute Gasteiger partial charge is 0.350 e. The van der Waals surface area contributed by atoms with Gasteiger partial charge in [-0.3, -0.25) is 14.4 Å². The predicted molar refractivity (Wildman–Crippen MR) is 99.1 cm³/mol. The van der Waals surface area contributed by atoms with E-state index in [1.54, 1.807) is 29.2 Å². The van der Waals surface area contributed by atoms with Gasteiger partial charge in [0.25, 0.3) is 11.5 Å². The van der Waals surface area contributed by atoms with Crippen molar-refractivity contribution < 1.29 is 22.8 Å². The number of likely N-dealkylation sites (tertiary alicyclic amines) is 1. The molecule has 0 atom stereocenters. The Kier molecular flexibility index (Phi) is 6.05. The number of halogens is 3. The van der Waals surface area contributed by atoms with Gasteiger partial charge >= 0.3 is 6.18 Å². The van der Waals surface area contributed by atoms with Gasteiger partial charge in [-0.05, 0) is 42.7 Å². The lowest BCUT2D eigenvalue weighted by molar-refractivity contribution is -0.139. The molecule has 0 aliphatic carbocycles. The highest BCUT2D eigenvalue weighted by atomic mass is 19.4. The number of nitrogens with zero attached hydrogens (tertiary/aromatic N) is 2. The van der Waals surface area contributed by atoms with E-state index in [9.17, 15) is 27.6 Å². The van der Waals surface area contributed by atoms with Crippen LogP contribution < -0.4 is 10.9 Å². The van der Waals surface area contributed by atoms with Crippen LogP contribution in [0.1, 0.15) is 34.3 Å². The molecule has 1 N–H and O–H groups in total. The SMILES string of the molecule is O=C(Cn1cccc(C(F)(F)F)c1=O)NCc1ccc(C(=O)N2CCCC2)cc1. The molecule has 29 heavy (non-hydrogen) atoms. The topological polar surface area (TPSA) is 71.4 Å². The summed E-state index contributed by atoms with van der Waals surface area (Å²) < 4.78 is 39.1. The lowest BCUT2D eigenvalue weighted by Crippen LogP contribution is -2.34. The summed E-state index contributed by atoms with van der Waals surface area (Å²) in [6, 6.07) is 8.54. The number of carbonyl (C=O) groups excluding carboxylic acids is 2. The van der Waals surface area contributed by atoms with Crippen molar-refractivity contribution in [3.05, 3.63) is 69.6 Å². The van der Waals surface area contributed by atoms with Gasteiger partial charge in [0.15, 0.2) is 0 Å². The van der Waals surface area contributed by atoms with E-state index >= 15 is 0 Å². The number of hydrogen-bond acceptors (Lipinski definition) is 3. The highest BCUT2D eigenvalue weighted by molar-refractivity contribution is 5.94. The zero-order valence-electron chi connectivity index (χ0n) is 15.5. The number of rotatable bonds is 5. The van der Waals surface area contributed by atoms with Gasteiger partial charge in [0.1, 0.15) is 12.1 Å². The fraction of sp³-hybridized carbons (Fsp3) is 0.350. The maximum absolute atomic E-state index is 12.8. The van der Waals surface area contributed by atoms with Gasteiger partial charge in [0.05, 0.1) is 0 Å². The van der Waals surface area contributed by atoms with Crippen molar-refractivity contribution in [3.8, 4) is 0 Å². The normalized spacial score (nSPS) is 14.1. The number of nitrogens with one attached hydrogen (secondary N) is 1. The minimum Gasteiger partial charge on any atom is -0.350 e. The predicted octanol–water partition coefficient (Wildman–Crippen LogP) is 2.42. The standard InChI is InChI=1S/C20H20F3N3O3/c21-20(22,23)16-4-3-11-26(19(16)29)13-17(27)24-12-14-5-7-15(8-6-14)18(28)25-9-1-2-10-25/h3-8,11H,1-2,9-10,12-13H2,(H,24,27). The molecule has 1 aliphatic rings. The number of aromatic nitrogens is 1. The van der Waals surface area contributed by atoms with Crippen LogP contribution in [0, 0.1) is 0 Å². The molecule has 0 saturated carbocycles. The lowest BCUT2D eigenvalue weighted by Gasteiger charge is -2.15. The molecule has 3 rings (SSSR count). The molecule has 1 saturated heterocycles. The monoisotopic (exact) mass is 407 g/mol. The van der Waals surface area contributed by atoms with Crippen LogP contribution in [0.4, 0.5) is 13.2 Å². The van der Waals surface area contributed by atoms with Crippen LogP contribution in [0.3, 0.4) is 0 Å². The summed E-state index contributed by atoms with van der Waals surface area (Å²) in [5, 5.41) is 2.56. The molecule has 6 nitrogen and oxygen atoms in total. The summed E-state index contributed by atoms with van der Waals surface area (Å²) in [5.41, 5.74) is -1.28. The van der Waals surface area contributed by atoms with E-state index in [4.69, 9.17) is 0 Å². The number of carbonyl (C=O) groups is 2. The Bertz CT molecular complexity index is 946. The fourth-order valence-electron chi connectivity index (χ4n) is 3.16. The van der Waals surface area contributed by atoms with E-state index in [1.165, 1.54) is 0 Å². The third kappa shape index (κ3) is 5.04. The Morgan fingerprint density at radius 1 is 1.03 bits per heavy atom. The first kappa shape index (κ1) is 20.6. The molecular weight excluding hydrogens is 387 g/mol. The van der Waals surface area contributed by atoms with Crippen LogP contribution in [0.15, 0.2) is 47.4 Å². The fourth-order valence-corrected chi connectivity index (χ4v) is 3.16. The zero-order chi connectivity index (χ0) is 21.0. The molecule has 154 valence electrons. The van der Waals surface area contributed by atoms with Crippen molar-refractivity contribution in [1.29, 1.82) is 0 Å². The Morgan fingerprint density at radius 2 is 1.69 bits per heavy atom. The molecule has 2 heterocycles. The number of hydrogen-bond donors (Lipinski definition) is 1. The second-order valence-corrected chi connectivity index (χ2v) is 6.83. The van der Waals surface area contributed by atoms with Gasteiger partial charge in [-0.25, -0.2) is 0 Å². The van der Waals surface area contributed by atoms with Crippen LogP contribution in [0.5, 0.6) is 0 Å². The quantitative estimate of drug-likeness (QED) is 0.828. The van der Waals surface area contributed by atoms with Crippen molar-refractivity contribution in [3.63, 3.8) is 0 Å². The Labute approximate surface area is 164 Å². The minimum atomic E-state index is -4.77. The summed E-state index contributed by atoms with van der Waals surface area (Å²) in [4.78, 5) is 38.0. The molecule has 0 spiro atoms. The molecule has 2 amide bonds. The van der Waals surface area contributed by atoms with Crippen molar-refractivity contribution in [2.24, 2.45) is 0 Å². The van der Waals surface area contributed by atoms with Gasteiger partial charge in [-0.1, -0.05) is 12.1 Å². The van der Waals surface area contributed by atoms with E-state index in [1.807, 2.05) is 0 Å². The average Bonchev–Trinajstić information content (AvgIpc) is 3.22. The largest absolute Gasteiger partial charge is 0.421 e. The first-order valence-corrected chi connectivity index (χ1v) is 9.17. The molecule has 1 aliphatic heterocycles. The molecule has 0 radical (unpaired) electrons. The summed E-state index contributed by atoms with van der Waals surface area (Å²) in [5.74, 6) is -0.620. The van der Waals surface area contributed by atoms with E-state index < -0.39 is 29.8 Å². The number of benzene rings is 1. The highest BCUT2D eigenvalue weighted by Gasteiger charge is 2.34. The van der Waals surface area contributed by atoms with Gasteiger partial charge in [0.2, 0.25) is 5.91 Å². The van der Waals surface area contributed by atoms with Crippen molar-refractivity contribution in [2.75, 3.05) is 13.1 Å². The average molecular weight is 407 g/mol. The van der Waals surface area contributed by atoms with Gasteiger partial charge in [0, 0.05) is 31.4 Å². The molecule has 1 aromatic heterocycles. The molecular formula is C20H20F3N3O3. The molecule has 1 fully saturated rings. The van der Waals surface area contributed by atoms with Gasteiger partial charge in [-0.15, -0.1) is 0 Å². The summed E-state index contributed by atoms with van der Waals surface area (Å²) in [6.07, 6.45) is -1.63.